The van der Waals surface area contributed by atoms with Gasteiger partial charge in [0, 0.05) is 13.0 Å². The minimum atomic E-state index is -5.07. The first-order chi connectivity index (χ1) is 31.1. The van der Waals surface area contributed by atoms with Gasteiger partial charge in [-0.1, -0.05) is 178 Å². The number of rotatable bonds is 44. The van der Waals surface area contributed by atoms with Gasteiger partial charge in [0.25, 0.3) is 0 Å². The number of esters is 1. The Kier molecular flexibility index (Phi) is 39.8. The van der Waals surface area contributed by atoms with Crippen molar-refractivity contribution in [2.75, 3.05) is 26.4 Å². The van der Waals surface area contributed by atoms with Crippen LogP contribution in [-0.4, -0.2) is 97.5 Å². The molecule has 0 aromatic carbocycles. The summed E-state index contributed by atoms with van der Waals surface area (Å²) in [5, 5.41) is 30.7. The number of carbonyl (C=O) groups excluding carboxylic acids is 1. The van der Waals surface area contributed by atoms with Crippen LogP contribution in [0.15, 0.2) is 48.6 Å². The Hall–Kier alpha value is -1.94. The van der Waals surface area contributed by atoms with Crippen molar-refractivity contribution in [2.45, 2.75) is 243 Å². The molecule has 4 N–H and O–H groups in total. The summed E-state index contributed by atoms with van der Waals surface area (Å²) in [7, 11) is -5.07. The van der Waals surface area contributed by atoms with Gasteiger partial charge in [0.2, 0.25) is 0 Å². The molecule has 0 amide bonds. The van der Waals surface area contributed by atoms with Gasteiger partial charge in [0.15, 0.2) is 6.29 Å². The molecule has 6 unspecified atom stereocenters. The van der Waals surface area contributed by atoms with Crippen molar-refractivity contribution in [3.8, 4) is 0 Å². The summed E-state index contributed by atoms with van der Waals surface area (Å²) in [5.74, 6) is -0.414. The van der Waals surface area contributed by atoms with Crippen LogP contribution in [0, 0.1) is 0 Å². The largest absolute Gasteiger partial charge is 0.457 e. The molecule has 0 aliphatic carbocycles. The zero-order chi connectivity index (χ0) is 46.8. The summed E-state index contributed by atoms with van der Waals surface area (Å²) in [4.78, 5) is 12.9. The standard InChI is InChI=1S/C51H92O12S/c1-3-5-7-9-11-13-15-17-18-19-20-21-22-23-24-25-26-27-29-31-33-35-37-39-41-59-43-45(44-60-51-49(55)50(63-64(56,57)58)48(54)46(42-52)62-51)61-47(53)40-38-36-34-32-30-28-16-14-12-10-8-6-4-2/h8,10,14-17,19-20,45-46,48-52,54-55H,3-7,9,11-13,18,21-44H2,1-2H3,(H,56,57,58)/b10-8-,16-14-,17-15-,20-19-. The Morgan fingerprint density at radius 1 is 0.594 bits per heavy atom. The molecule has 1 fully saturated rings. The summed E-state index contributed by atoms with van der Waals surface area (Å²) >= 11 is 0. The fraction of sp³-hybridized carbons (Fsp3) is 0.824. The molecule has 0 radical (unpaired) electrons. The lowest BCUT2D eigenvalue weighted by Crippen LogP contribution is -2.60. The molecule has 0 bridgehead atoms. The maximum absolute atomic E-state index is 12.9. The summed E-state index contributed by atoms with van der Waals surface area (Å²) in [5.41, 5.74) is 0. The molecule has 0 aromatic rings. The fourth-order valence-electron chi connectivity index (χ4n) is 7.56. The topological polar surface area (TPSA) is 178 Å². The van der Waals surface area contributed by atoms with Gasteiger partial charge in [-0.25, -0.2) is 4.18 Å². The molecule has 1 aliphatic rings. The number of aliphatic hydroxyl groups excluding tert-OH is 3. The van der Waals surface area contributed by atoms with Crippen molar-refractivity contribution in [1.29, 1.82) is 0 Å². The molecule has 0 aromatic heterocycles. The van der Waals surface area contributed by atoms with Gasteiger partial charge in [-0.3, -0.25) is 9.35 Å². The molecule has 1 heterocycles. The summed E-state index contributed by atoms with van der Waals surface area (Å²) < 4.78 is 59.2. The number of unbranched alkanes of at least 4 members (excludes halogenated alkanes) is 23. The quantitative estimate of drug-likeness (QED) is 0.0197. The van der Waals surface area contributed by atoms with E-state index >= 15 is 0 Å². The lowest BCUT2D eigenvalue weighted by molar-refractivity contribution is -0.301. The zero-order valence-electron chi connectivity index (χ0n) is 40.1. The average Bonchev–Trinajstić information content (AvgIpc) is 3.27. The number of hydrogen-bond acceptors (Lipinski definition) is 11. The number of ether oxygens (including phenoxy) is 4. The average molecular weight is 929 g/mol. The molecule has 64 heavy (non-hydrogen) atoms. The highest BCUT2D eigenvalue weighted by Gasteiger charge is 2.48. The molecular weight excluding hydrogens is 837 g/mol. The van der Waals surface area contributed by atoms with Crippen LogP contribution in [0.5, 0.6) is 0 Å². The first kappa shape index (κ1) is 60.1. The second-order valence-electron chi connectivity index (χ2n) is 17.4. The van der Waals surface area contributed by atoms with Crippen LogP contribution >= 0.6 is 0 Å². The Morgan fingerprint density at radius 2 is 1.06 bits per heavy atom. The first-order valence-electron chi connectivity index (χ1n) is 25.4. The molecule has 374 valence electrons. The van der Waals surface area contributed by atoms with Crippen LogP contribution in [-0.2, 0) is 38.3 Å². The highest BCUT2D eigenvalue weighted by atomic mass is 32.3. The lowest BCUT2D eigenvalue weighted by atomic mass is 9.99. The zero-order valence-corrected chi connectivity index (χ0v) is 40.9. The highest BCUT2D eigenvalue weighted by Crippen LogP contribution is 2.26. The monoisotopic (exact) mass is 929 g/mol. The van der Waals surface area contributed by atoms with Gasteiger partial charge < -0.3 is 34.3 Å². The van der Waals surface area contributed by atoms with E-state index in [1.165, 1.54) is 109 Å². The molecular formula is C51H92O12S. The van der Waals surface area contributed by atoms with Crippen LogP contribution < -0.4 is 0 Å². The first-order valence-corrected chi connectivity index (χ1v) is 26.8. The molecule has 1 rings (SSSR count). The Balaban J connectivity index is 2.32. The molecule has 1 saturated heterocycles. The minimum Gasteiger partial charge on any atom is -0.457 e. The number of aliphatic hydroxyl groups is 3. The van der Waals surface area contributed by atoms with E-state index in [0.29, 0.717) is 13.0 Å². The smallest absolute Gasteiger partial charge is 0.397 e. The van der Waals surface area contributed by atoms with Crippen molar-refractivity contribution in [2.24, 2.45) is 0 Å². The van der Waals surface area contributed by atoms with Crippen LogP contribution in [0.2, 0.25) is 0 Å². The van der Waals surface area contributed by atoms with Crippen LogP contribution in [0.1, 0.15) is 206 Å². The van der Waals surface area contributed by atoms with Crippen molar-refractivity contribution in [3.05, 3.63) is 48.6 Å². The predicted octanol–water partition coefficient (Wildman–Crippen LogP) is 11.5. The third-order valence-electron chi connectivity index (χ3n) is 11.4. The number of hydrogen-bond donors (Lipinski definition) is 4. The second-order valence-corrected chi connectivity index (χ2v) is 18.4. The molecule has 0 saturated carbocycles. The van der Waals surface area contributed by atoms with Crippen LogP contribution in [0.3, 0.4) is 0 Å². The Bertz CT molecular complexity index is 1300. The third-order valence-corrected chi connectivity index (χ3v) is 11.9. The van der Waals surface area contributed by atoms with E-state index in [1.54, 1.807) is 0 Å². The summed E-state index contributed by atoms with van der Waals surface area (Å²) in [6.45, 7) is 3.90. The second kappa shape index (κ2) is 42.4. The number of carbonyl (C=O) groups is 1. The third kappa shape index (κ3) is 35.3. The number of allylic oxidation sites excluding steroid dienone is 8. The molecule has 0 spiro atoms. The van der Waals surface area contributed by atoms with E-state index in [-0.39, 0.29) is 19.6 Å². The van der Waals surface area contributed by atoms with Crippen LogP contribution in [0.25, 0.3) is 0 Å². The van der Waals surface area contributed by atoms with Crippen molar-refractivity contribution >= 4 is 16.4 Å². The molecule has 6 atom stereocenters. The van der Waals surface area contributed by atoms with Gasteiger partial charge >= 0.3 is 16.4 Å². The van der Waals surface area contributed by atoms with E-state index < -0.39 is 59.8 Å². The maximum atomic E-state index is 12.9. The van der Waals surface area contributed by atoms with Gasteiger partial charge in [-0.05, 0) is 70.6 Å². The summed E-state index contributed by atoms with van der Waals surface area (Å²) in [6.07, 6.45) is 42.9. The van der Waals surface area contributed by atoms with Gasteiger partial charge in [-0.2, -0.15) is 8.42 Å². The predicted molar refractivity (Wildman–Crippen MR) is 257 cm³/mol. The van der Waals surface area contributed by atoms with Crippen LogP contribution in [0.4, 0.5) is 0 Å². The lowest BCUT2D eigenvalue weighted by Gasteiger charge is -2.41. The van der Waals surface area contributed by atoms with E-state index in [1.807, 2.05) is 0 Å². The van der Waals surface area contributed by atoms with E-state index in [0.717, 1.165) is 70.6 Å². The minimum absolute atomic E-state index is 0.0289. The summed E-state index contributed by atoms with van der Waals surface area (Å²) in [6, 6.07) is 0. The van der Waals surface area contributed by atoms with E-state index in [9.17, 15) is 33.1 Å². The van der Waals surface area contributed by atoms with Gasteiger partial charge in [0.1, 0.15) is 30.5 Å². The SMILES string of the molecule is CCC/C=C\C/C=C\CCCCCCCC(=O)OC(COCCCCCCCCCCCCCC/C=C\C/C=C\CCCCCCC)COC1OC(CO)C(O)C(OS(=O)(=O)O)C1O. The van der Waals surface area contributed by atoms with Crippen molar-refractivity contribution < 1.29 is 56.2 Å². The highest BCUT2D eigenvalue weighted by molar-refractivity contribution is 7.80. The van der Waals surface area contributed by atoms with Gasteiger partial charge in [0.05, 0.1) is 19.8 Å². The van der Waals surface area contributed by atoms with Crippen molar-refractivity contribution in [1.82, 2.24) is 0 Å². The van der Waals surface area contributed by atoms with Gasteiger partial charge in [-0.15, -0.1) is 0 Å². The fourth-order valence-corrected chi connectivity index (χ4v) is 8.07. The molecule has 1 aliphatic heterocycles. The normalized spacial score (nSPS) is 20.1. The maximum Gasteiger partial charge on any atom is 0.397 e. The Morgan fingerprint density at radius 3 is 1.55 bits per heavy atom. The Labute approximate surface area is 389 Å². The molecule has 13 heteroatoms. The van der Waals surface area contributed by atoms with E-state index in [2.05, 4.69) is 66.6 Å². The molecule has 12 nitrogen and oxygen atoms in total. The van der Waals surface area contributed by atoms with Crippen molar-refractivity contribution in [3.63, 3.8) is 0 Å². The van der Waals surface area contributed by atoms with E-state index in [4.69, 9.17) is 18.9 Å².